The van der Waals surface area contributed by atoms with Crippen molar-refractivity contribution in [3.8, 4) is 0 Å². The normalized spacial score (nSPS) is 22.4. The van der Waals surface area contributed by atoms with Gasteiger partial charge in [-0.15, -0.1) is 0 Å². The lowest BCUT2D eigenvalue weighted by molar-refractivity contribution is -0.124. The predicted octanol–water partition coefficient (Wildman–Crippen LogP) is 5.41. The Morgan fingerprint density at radius 3 is 2.42 bits per heavy atom. The molecule has 0 saturated carbocycles. The molecule has 5 heteroatoms. The van der Waals surface area contributed by atoms with Crippen molar-refractivity contribution in [2.75, 3.05) is 26.2 Å². The lowest BCUT2D eigenvalue weighted by atomic mass is 9.62. The number of carbonyl (C=O) groups excluding carboxylic acids is 1. The fourth-order valence-electron chi connectivity index (χ4n) is 6.22. The standard InChI is InChI=1S/C28H36FN3O/c1-4-21-5-6-22-11-14-31(18-24(22)17-21)27(33)30-15-12-28(13-16-30)19-32(20(2)3)26(28)23-7-9-25(29)10-8-23/h5-10,17,20,26H,4,11-16,18-19H2,1-3H3. The van der Waals surface area contributed by atoms with Crippen LogP contribution < -0.4 is 0 Å². The van der Waals surface area contributed by atoms with Gasteiger partial charge in [0.05, 0.1) is 0 Å². The number of carbonyl (C=O) groups is 1. The molecule has 3 heterocycles. The van der Waals surface area contributed by atoms with E-state index in [2.05, 4.69) is 48.8 Å². The highest BCUT2D eigenvalue weighted by molar-refractivity contribution is 5.75. The van der Waals surface area contributed by atoms with Crippen LogP contribution in [0.15, 0.2) is 42.5 Å². The Morgan fingerprint density at radius 2 is 1.76 bits per heavy atom. The second-order valence-corrected chi connectivity index (χ2v) is 10.5. The molecule has 3 aliphatic rings. The number of halogens is 1. The number of hydrogen-bond donors (Lipinski definition) is 0. The van der Waals surface area contributed by atoms with Gasteiger partial charge >= 0.3 is 6.03 Å². The molecule has 176 valence electrons. The molecule has 1 unspecified atom stereocenters. The predicted molar refractivity (Wildman–Crippen MR) is 130 cm³/mol. The maximum atomic E-state index is 13.6. The molecule has 0 bridgehead atoms. The third kappa shape index (κ3) is 4.05. The molecule has 0 aliphatic carbocycles. The van der Waals surface area contributed by atoms with Crippen molar-refractivity contribution in [1.29, 1.82) is 0 Å². The first-order valence-electron chi connectivity index (χ1n) is 12.6. The molecule has 4 nitrogen and oxygen atoms in total. The minimum Gasteiger partial charge on any atom is -0.325 e. The Labute approximate surface area is 197 Å². The maximum absolute atomic E-state index is 13.6. The smallest absolute Gasteiger partial charge is 0.320 e. The molecule has 1 spiro atoms. The Morgan fingerprint density at radius 1 is 1.03 bits per heavy atom. The van der Waals surface area contributed by atoms with Crippen molar-refractivity contribution in [2.24, 2.45) is 5.41 Å². The van der Waals surface area contributed by atoms with Gasteiger partial charge < -0.3 is 9.80 Å². The first-order valence-corrected chi connectivity index (χ1v) is 12.6. The molecule has 2 aromatic rings. The molecule has 5 rings (SSSR count). The summed E-state index contributed by atoms with van der Waals surface area (Å²) in [6.45, 7) is 10.9. The lowest BCUT2D eigenvalue weighted by Gasteiger charge is -2.62. The number of rotatable bonds is 3. The van der Waals surface area contributed by atoms with E-state index in [0.29, 0.717) is 12.1 Å². The quantitative estimate of drug-likeness (QED) is 0.626. The molecular weight excluding hydrogens is 413 g/mol. The lowest BCUT2D eigenvalue weighted by Crippen LogP contribution is -2.64. The Kier molecular flexibility index (Phi) is 5.94. The minimum atomic E-state index is -0.183. The van der Waals surface area contributed by atoms with Gasteiger partial charge in [-0.2, -0.15) is 0 Å². The zero-order valence-electron chi connectivity index (χ0n) is 20.2. The molecule has 2 aromatic carbocycles. The first-order chi connectivity index (χ1) is 15.9. The second kappa shape index (κ2) is 8.75. The van der Waals surface area contributed by atoms with Crippen molar-refractivity contribution in [3.63, 3.8) is 0 Å². The van der Waals surface area contributed by atoms with Gasteiger partial charge in [0.15, 0.2) is 0 Å². The fraction of sp³-hybridized carbons (Fsp3) is 0.536. The van der Waals surface area contributed by atoms with E-state index < -0.39 is 0 Å². The maximum Gasteiger partial charge on any atom is 0.320 e. The molecule has 1 atom stereocenters. The molecule has 2 fully saturated rings. The van der Waals surface area contributed by atoms with Gasteiger partial charge in [-0.25, -0.2) is 9.18 Å². The van der Waals surface area contributed by atoms with E-state index in [9.17, 15) is 9.18 Å². The summed E-state index contributed by atoms with van der Waals surface area (Å²) in [6.07, 6.45) is 3.99. The van der Waals surface area contributed by atoms with Crippen molar-refractivity contribution < 1.29 is 9.18 Å². The van der Waals surface area contributed by atoms with Crippen LogP contribution in [0, 0.1) is 11.2 Å². The number of piperidine rings is 1. The number of likely N-dealkylation sites (tertiary alicyclic amines) is 2. The van der Waals surface area contributed by atoms with Crippen LogP contribution in [0.5, 0.6) is 0 Å². The van der Waals surface area contributed by atoms with Crippen LogP contribution >= 0.6 is 0 Å². The van der Waals surface area contributed by atoms with E-state index >= 15 is 0 Å². The number of aryl methyl sites for hydroxylation is 1. The average molecular weight is 450 g/mol. The highest BCUT2D eigenvalue weighted by Crippen LogP contribution is 2.55. The van der Waals surface area contributed by atoms with Gasteiger partial charge in [-0.05, 0) is 73.9 Å². The zero-order chi connectivity index (χ0) is 23.2. The van der Waals surface area contributed by atoms with Crippen molar-refractivity contribution >= 4 is 6.03 Å². The van der Waals surface area contributed by atoms with Crippen LogP contribution in [0.1, 0.15) is 61.9 Å². The minimum absolute atomic E-state index is 0.183. The Bertz CT molecular complexity index is 1010. The molecule has 0 N–H and O–H groups in total. The van der Waals surface area contributed by atoms with Crippen molar-refractivity contribution in [2.45, 2.75) is 65.1 Å². The summed E-state index contributed by atoms with van der Waals surface area (Å²) in [5.41, 5.74) is 5.43. The van der Waals surface area contributed by atoms with Gasteiger partial charge in [0.2, 0.25) is 0 Å². The number of fused-ring (bicyclic) bond motifs is 1. The molecule has 3 aliphatic heterocycles. The number of amides is 2. The number of benzene rings is 2. The monoisotopic (exact) mass is 449 g/mol. The molecule has 33 heavy (non-hydrogen) atoms. The third-order valence-electron chi connectivity index (χ3n) is 8.25. The summed E-state index contributed by atoms with van der Waals surface area (Å²) in [6, 6.07) is 14.7. The molecule has 0 radical (unpaired) electrons. The number of urea groups is 1. The van der Waals surface area contributed by atoms with E-state index in [1.807, 2.05) is 17.0 Å². The van der Waals surface area contributed by atoms with Crippen LogP contribution in [0.25, 0.3) is 0 Å². The van der Waals surface area contributed by atoms with Crippen molar-refractivity contribution in [1.82, 2.24) is 14.7 Å². The van der Waals surface area contributed by atoms with E-state index in [-0.39, 0.29) is 17.3 Å². The van der Waals surface area contributed by atoms with Gasteiger partial charge in [-0.1, -0.05) is 37.3 Å². The summed E-state index contributed by atoms with van der Waals surface area (Å²) in [4.78, 5) is 20.0. The van der Waals surface area contributed by atoms with Crippen molar-refractivity contribution in [3.05, 3.63) is 70.5 Å². The second-order valence-electron chi connectivity index (χ2n) is 10.5. The van der Waals surface area contributed by atoms with Crippen LogP contribution in [-0.4, -0.2) is 53.0 Å². The van der Waals surface area contributed by atoms with E-state index in [0.717, 1.165) is 58.4 Å². The van der Waals surface area contributed by atoms with E-state index in [1.165, 1.54) is 22.3 Å². The molecule has 0 aromatic heterocycles. The molecular formula is C28H36FN3O. The van der Waals surface area contributed by atoms with Crippen LogP contribution in [0.4, 0.5) is 9.18 Å². The third-order valence-corrected chi connectivity index (χ3v) is 8.25. The summed E-state index contributed by atoms with van der Waals surface area (Å²) in [7, 11) is 0. The summed E-state index contributed by atoms with van der Waals surface area (Å²) in [5, 5.41) is 0. The highest BCUT2D eigenvalue weighted by atomic mass is 19.1. The zero-order valence-corrected chi connectivity index (χ0v) is 20.2. The first kappa shape index (κ1) is 22.4. The van der Waals surface area contributed by atoms with E-state index in [1.54, 1.807) is 12.1 Å². The molecule has 2 saturated heterocycles. The van der Waals surface area contributed by atoms with Gasteiger partial charge in [0.25, 0.3) is 0 Å². The summed E-state index contributed by atoms with van der Waals surface area (Å²) >= 11 is 0. The Balaban J connectivity index is 1.26. The van der Waals surface area contributed by atoms with Gasteiger partial charge in [0.1, 0.15) is 5.82 Å². The van der Waals surface area contributed by atoms with Gasteiger partial charge in [0, 0.05) is 50.2 Å². The topological polar surface area (TPSA) is 26.8 Å². The van der Waals surface area contributed by atoms with Gasteiger partial charge in [-0.3, -0.25) is 4.90 Å². The largest absolute Gasteiger partial charge is 0.325 e. The SMILES string of the molecule is CCc1ccc2c(c1)CN(C(=O)N1CCC3(CC1)CN(C(C)C)C3c1ccc(F)cc1)CC2. The Hall–Kier alpha value is -2.40. The fourth-order valence-corrected chi connectivity index (χ4v) is 6.22. The summed E-state index contributed by atoms with van der Waals surface area (Å²) < 4.78 is 13.6. The van der Waals surface area contributed by atoms with Crippen LogP contribution in [0.3, 0.4) is 0 Å². The highest BCUT2D eigenvalue weighted by Gasteiger charge is 2.55. The summed E-state index contributed by atoms with van der Waals surface area (Å²) in [5.74, 6) is -0.183. The number of hydrogen-bond acceptors (Lipinski definition) is 2. The average Bonchev–Trinajstić information content (AvgIpc) is 2.83. The molecule has 2 amide bonds. The number of nitrogens with zero attached hydrogens (tertiary/aromatic N) is 3. The van der Waals surface area contributed by atoms with Crippen LogP contribution in [0.2, 0.25) is 0 Å². The van der Waals surface area contributed by atoms with E-state index in [4.69, 9.17) is 0 Å². The van der Waals surface area contributed by atoms with Crippen LogP contribution in [-0.2, 0) is 19.4 Å².